The van der Waals surface area contributed by atoms with Crippen LogP contribution in [0, 0.1) is 17.8 Å². The Labute approximate surface area is 341 Å². The first-order valence-electron chi connectivity index (χ1n) is 20.6. The number of unbranched alkanes of at least 4 members (excludes halogenated alkanes) is 2. The summed E-state index contributed by atoms with van der Waals surface area (Å²) in [7, 11) is 0. The summed E-state index contributed by atoms with van der Waals surface area (Å²) in [6, 6.07) is 24.2. The summed E-state index contributed by atoms with van der Waals surface area (Å²) < 4.78 is 20.8. The Morgan fingerprint density at radius 2 is 1.81 bits per heavy atom. The number of benzene rings is 3. The molecule has 10 nitrogen and oxygen atoms in total. The van der Waals surface area contributed by atoms with Gasteiger partial charge in [-0.05, 0) is 91.1 Å². The van der Waals surface area contributed by atoms with E-state index in [-0.39, 0.29) is 54.6 Å². The SMILES string of the molecule is C=CCO[C@@]12Oc3ccc(OCCN4CC4)cc3[C@H]3[C@H](CCCCO)[C@@H](CCCCO)C=C(C(=NOCc4ccccc4)C[C@@H]1Sc1ccc(NC(C)=O)cc1)[C@H]32. The number of fused-ring (bicyclic) bond motifs is 2. The maximum atomic E-state index is 11.8. The predicted octanol–water partition coefficient (Wildman–Crippen LogP) is 7.97. The van der Waals surface area contributed by atoms with Crippen molar-refractivity contribution in [2.24, 2.45) is 22.9 Å². The molecular formula is C46H57N3O7S. The van der Waals surface area contributed by atoms with Crippen LogP contribution in [0.2, 0.25) is 0 Å². The lowest BCUT2D eigenvalue weighted by Crippen LogP contribution is -2.64. The van der Waals surface area contributed by atoms with E-state index in [0.717, 1.165) is 103 Å². The molecule has 1 saturated heterocycles. The van der Waals surface area contributed by atoms with Crippen LogP contribution in [0.4, 0.5) is 5.69 Å². The van der Waals surface area contributed by atoms with E-state index in [0.29, 0.717) is 19.6 Å². The molecule has 4 aliphatic rings. The molecular weight excluding hydrogens is 739 g/mol. The van der Waals surface area contributed by atoms with Crippen molar-refractivity contribution in [1.82, 2.24) is 4.90 Å². The fraction of sp³-hybridized carbons (Fsp3) is 0.478. The molecule has 0 aromatic heterocycles. The third-order valence-electron chi connectivity index (χ3n) is 11.5. The van der Waals surface area contributed by atoms with Crippen molar-refractivity contribution < 1.29 is 34.1 Å². The molecule has 2 heterocycles. The van der Waals surface area contributed by atoms with Crippen molar-refractivity contribution in [3.63, 3.8) is 0 Å². The Bertz CT molecular complexity index is 1870. The molecule has 304 valence electrons. The zero-order valence-electron chi connectivity index (χ0n) is 33.0. The van der Waals surface area contributed by atoms with Gasteiger partial charge in [0, 0.05) is 68.3 Å². The number of hydrogen-bond acceptors (Lipinski definition) is 10. The zero-order chi connectivity index (χ0) is 39.6. The molecule has 0 bridgehead atoms. The number of hydrogen-bond donors (Lipinski definition) is 3. The average molecular weight is 796 g/mol. The van der Waals surface area contributed by atoms with Gasteiger partial charge in [0.15, 0.2) is 0 Å². The van der Waals surface area contributed by atoms with Crippen molar-refractivity contribution in [2.75, 3.05) is 51.4 Å². The van der Waals surface area contributed by atoms with Crippen LogP contribution in [0.25, 0.3) is 0 Å². The van der Waals surface area contributed by atoms with E-state index in [2.05, 4.69) is 35.0 Å². The number of allylic oxidation sites excluding steroid dienone is 1. The van der Waals surface area contributed by atoms with Gasteiger partial charge in [-0.25, -0.2) is 0 Å². The van der Waals surface area contributed by atoms with Gasteiger partial charge in [-0.1, -0.05) is 60.5 Å². The third-order valence-corrected chi connectivity index (χ3v) is 12.9. The van der Waals surface area contributed by atoms with Gasteiger partial charge in [-0.2, -0.15) is 0 Å². The van der Waals surface area contributed by atoms with Crippen LogP contribution in [0.5, 0.6) is 11.5 Å². The average Bonchev–Trinajstić information content (AvgIpc) is 4.05. The van der Waals surface area contributed by atoms with E-state index >= 15 is 0 Å². The summed E-state index contributed by atoms with van der Waals surface area (Å²) in [6.07, 6.45) is 9.78. The number of ether oxygens (including phenoxy) is 3. The molecule has 2 aliphatic heterocycles. The van der Waals surface area contributed by atoms with Gasteiger partial charge in [-0.3, -0.25) is 9.69 Å². The van der Waals surface area contributed by atoms with Gasteiger partial charge in [0.1, 0.15) is 24.7 Å². The third kappa shape index (κ3) is 9.95. The molecule has 1 saturated carbocycles. The Kier molecular flexibility index (Phi) is 14.1. The number of carbonyl (C=O) groups is 1. The van der Waals surface area contributed by atoms with Gasteiger partial charge in [0.05, 0.1) is 23.5 Å². The molecule has 57 heavy (non-hydrogen) atoms. The van der Waals surface area contributed by atoms with Crippen molar-refractivity contribution in [1.29, 1.82) is 0 Å². The highest BCUT2D eigenvalue weighted by molar-refractivity contribution is 8.00. The number of anilines is 1. The van der Waals surface area contributed by atoms with E-state index in [1.54, 1.807) is 17.8 Å². The van der Waals surface area contributed by atoms with E-state index in [4.69, 9.17) is 24.2 Å². The van der Waals surface area contributed by atoms with Crippen LogP contribution in [0.15, 0.2) is 107 Å². The van der Waals surface area contributed by atoms with Gasteiger partial charge < -0.3 is 34.6 Å². The zero-order valence-corrected chi connectivity index (χ0v) is 33.8. The molecule has 1 amide bonds. The standard InChI is InChI=1S/C46H57N3O7S/c1-3-26-54-46-43(57-37-18-15-35(16-19-37)47-32(2)52)30-41(48-55-31-33-11-5-4-6-12-33)39-28-34(13-7-9-24-50)38(14-8-10-25-51)44(45(39)46)40-29-36(17-20-42(40)56-46)53-27-23-49-21-22-49/h3-6,11-12,15-20,28-29,34,38,43-45,50-51H,1,7-10,13-14,21-27,30-31H2,2H3,(H,47,52)/t34-,38+,43-,44+,45+,46+/m0/s1. The van der Waals surface area contributed by atoms with Crippen LogP contribution >= 0.6 is 11.8 Å². The fourth-order valence-corrected chi connectivity index (χ4v) is 10.1. The predicted molar refractivity (Wildman–Crippen MR) is 225 cm³/mol. The highest BCUT2D eigenvalue weighted by Gasteiger charge is 2.64. The topological polar surface area (TPSA) is 122 Å². The molecule has 3 aromatic carbocycles. The van der Waals surface area contributed by atoms with Crippen molar-refractivity contribution in [3.05, 3.63) is 108 Å². The second-order valence-electron chi connectivity index (χ2n) is 15.5. The quantitative estimate of drug-likeness (QED) is 0.0427. The summed E-state index contributed by atoms with van der Waals surface area (Å²) in [5.41, 5.74) is 4.83. The lowest BCUT2D eigenvalue weighted by molar-refractivity contribution is -0.223. The number of amides is 1. The molecule has 0 radical (unpaired) electrons. The summed E-state index contributed by atoms with van der Waals surface area (Å²) >= 11 is 1.69. The summed E-state index contributed by atoms with van der Waals surface area (Å²) in [5, 5.41) is 27.3. The molecule has 3 N–H and O–H groups in total. The first kappa shape index (κ1) is 41.0. The van der Waals surface area contributed by atoms with Crippen LogP contribution < -0.4 is 14.8 Å². The smallest absolute Gasteiger partial charge is 0.231 e. The summed E-state index contributed by atoms with van der Waals surface area (Å²) in [6.45, 7) is 10.2. The number of nitrogens with one attached hydrogen (secondary N) is 1. The minimum absolute atomic E-state index is 0.0306. The first-order chi connectivity index (χ1) is 27.9. The van der Waals surface area contributed by atoms with Gasteiger partial charge in [0.2, 0.25) is 11.7 Å². The van der Waals surface area contributed by atoms with Crippen LogP contribution in [0.1, 0.15) is 68.9 Å². The highest BCUT2D eigenvalue weighted by atomic mass is 32.2. The molecule has 7 rings (SSSR count). The number of carbonyl (C=O) groups excluding carboxylic acids is 1. The number of aliphatic hydroxyl groups excluding tert-OH is 2. The Morgan fingerprint density at radius 1 is 1.04 bits per heavy atom. The maximum Gasteiger partial charge on any atom is 0.231 e. The monoisotopic (exact) mass is 795 g/mol. The first-order valence-corrected chi connectivity index (χ1v) is 21.4. The molecule has 6 atom stereocenters. The number of thioether (sulfide) groups is 1. The fourth-order valence-electron chi connectivity index (χ4n) is 8.84. The molecule has 11 heteroatoms. The number of rotatable bonds is 21. The van der Waals surface area contributed by atoms with Crippen molar-refractivity contribution in [3.8, 4) is 11.5 Å². The summed E-state index contributed by atoms with van der Waals surface area (Å²) in [5.74, 6) is 0.474. The number of aliphatic hydroxyl groups is 2. The maximum absolute atomic E-state index is 11.8. The van der Waals surface area contributed by atoms with Gasteiger partial charge >= 0.3 is 0 Å². The van der Waals surface area contributed by atoms with Gasteiger partial charge in [0.25, 0.3) is 0 Å². The van der Waals surface area contributed by atoms with E-state index in [1.807, 2.05) is 60.7 Å². The number of nitrogens with zero attached hydrogens (tertiary/aromatic N) is 2. The van der Waals surface area contributed by atoms with E-state index in [9.17, 15) is 15.0 Å². The van der Waals surface area contributed by atoms with Gasteiger partial charge in [-0.15, -0.1) is 18.3 Å². The highest BCUT2D eigenvalue weighted by Crippen LogP contribution is 2.63. The minimum Gasteiger partial charge on any atom is -0.492 e. The van der Waals surface area contributed by atoms with Crippen molar-refractivity contribution >= 4 is 29.1 Å². The largest absolute Gasteiger partial charge is 0.492 e. The Balaban J connectivity index is 1.36. The number of oxime groups is 1. The molecule has 0 unspecified atom stereocenters. The van der Waals surface area contributed by atoms with Crippen molar-refractivity contribution in [2.45, 2.75) is 80.3 Å². The van der Waals surface area contributed by atoms with E-state index < -0.39 is 5.79 Å². The van der Waals surface area contributed by atoms with Crippen LogP contribution in [-0.4, -0.2) is 83.8 Å². The minimum atomic E-state index is -1.11. The molecule has 2 aliphatic carbocycles. The molecule has 0 spiro atoms. The summed E-state index contributed by atoms with van der Waals surface area (Å²) in [4.78, 5) is 21.4. The molecule has 3 aromatic rings. The second-order valence-corrected chi connectivity index (χ2v) is 16.8. The van der Waals surface area contributed by atoms with E-state index in [1.165, 1.54) is 6.92 Å². The Hall–Kier alpha value is -4.13. The lowest BCUT2D eigenvalue weighted by Gasteiger charge is -2.58. The normalized spacial score (nSPS) is 25.4. The lowest BCUT2D eigenvalue weighted by atomic mass is 9.56. The Morgan fingerprint density at radius 3 is 2.53 bits per heavy atom. The second kappa shape index (κ2) is 19.5. The molecule has 2 fully saturated rings. The van der Waals surface area contributed by atoms with Crippen LogP contribution in [0.3, 0.4) is 0 Å². The van der Waals surface area contributed by atoms with Crippen LogP contribution in [-0.2, 0) is 21.0 Å².